The third kappa shape index (κ3) is 3.16. The molecule has 0 saturated carbocycles. The fraction of sp³-hybridized carbons (Fsp3) is 0.500. The van der Waals surface area contributed by atoms with Crippen LogP contribution in [0.2, 0.25) is 0 Å². The van der Waals surface area contributed by atoms with Gasteiger partial charge in [0.25, 0.3) is 0 Å². The van der Waals surface area contributed by atoms with Crippen LogP contribution in [0.4, 0.5) is 5.95 Å². The molecule has 1 saturated heterocycles. The first-order valence-corrected chi connectivity index (χ1v) is 9.24. The van der Waals surface area contributed by atoms with Gasteiger partial charge in [0, 0.05) is 30.8 Å². The summed E-state index contributed by atoms with van der Waals surface area (Å²) in [7, 11) is 0. The van der Waals surface area contributed by atoms with Crippen molar-refractivity contribution in [1.29, 1.82) is 0 Å². The van der Waals surface area contributed by atoms with Crippen LogP contribution in [-0.4, -0.2) is 29.6 Å². The van der Waals surface area contributed by atoms with Gasteiger partial charge in [0.2, 0.25) is 5.95 Å². The predicted octanol–water partition coefficient (Wildman–Crippen LogP) is 3.48. The van der Waals surface area contributed by atoms with Crippen molar-refractivity contribution < 1.29 is 0 Å². The fourth-order valence-electron chi connectivity index (χ4n) is 3.69. The van der Waals surface area contributed by atoms with E-state index in [9.17, 15) is 0 Å². The highest BCUT2D eigenvalue weighted by atomic mass is 15.3. The molecule has 0 amide bonds. The number of fused-ring (bicyclic) bond motifs is 1. The standard InChI is InChI=1S/C20H26N4/c1-15-7-9-16(10-8-15)19-17-14-21-11-5-6-18(17)22-20(23-19)24-12-3-2-4-13-24/h7-10,21H,2-6,11-14H2,1H3. The normalized spacial score (nSPS) is 18.1. The number of piperidine rings is 1. The number of aryl methyl sites for hydroxylation is 2. The molecule has 4 heteroatoms. The number of rotatable bonds is 2. The monoisotopic (exact) mass is 322 g/mol. The second-order valence-electron chi connectivity index (χ2n) is 6.99. The Morgan fingerprint density at radius 2 is 1.75 bits per heavy atom. The molecule has 126 valence electrons. The maximum atomic E-state index is 5.03. The number of hydrogen-bond acceptors (Lipinski definition) is 4. The van der Waals surface area contributed by atoms with Gasteiger partial charge in [-0.1, -0.05) is 29.8 Å². The Hall–Kier alpha value is -1.94. The quantitative estimate of drug-likeness (QED) is 0.919. The number of benzene rings is 1. The van der Waals surface area contributed by atoms with E-state index in [1.165, 1.54) is 41.6 Å². The molecule has 2 aliphatic heterocycles. The van der Waals surface area contributed by atoms with E-state index in [1.807, 2.05) is 0 Å². The van der Waals surface area contributed by atoms with Crippen LogP contribution in [0, 0.1) is 6.92 Å². The Morgan fingerprint density at radius 3 is 2.54 bits per heavy atom. The third-order valence-corrected chi connectivity index (χ3v) is 5.11. The highest BCUT2D eigenvalue weighted by Crippen LogP contribution is 2.29. The lowest BCUT2D eigenvalue weighted by molar-refractivity contribution is 0.567. The molecule has 3 heterocycles. The fourth-order valence-corrected chi connectivity index (χ4v) is 3.69. The Kier molecular flexibility index (Phi) is 4.48. The Labute approximate surface area is 144 Å². The van der Waals surface area contributed by atoms with Gasteiger partial charge < -0.3 is 10.2 Å². The lowest BCUT2D eigenvalue weighted by Gasteiger charge is -2.28. The van der Waals surface area contributed by atoms with Crippen LogP contribution in [0.25, 0.3) is 11.3 Å². The van der Waals surface area contributed by atoms with Gasteiger partial charge in [-0.2, -0.15) is 0 Å². The highest BCUT2D eigenvalue weighted by molar-refractivity contribution is 5.66. The Balaban J connectivity index is 1.81. The number of nitrogens with zero attached hydrogens (tertiary/aromatic N) is 3. The molecule has 0 bridgehead atoms. The second kappa shape index (κ2) is 6.89. The van der Waals surface area contributed by atoms with Crippen LogP contribution >= 0.6 is 0 Å². The zero-order valence-electron chi connectivity index (χ0n) is 14.5. The summed E-state index contributed by atoms with van der Waals surface area (Å²) in [6.45, 7) is 6.24. The van der Waals surface area contributed by atoms with Crippen LogP contribution in [-0.2, 0) is 13.0 Å². The van der Waals surface area contributed by atoms with Gasteiger partial charge in [0.15, 0.2) is 0 Å². The number of aromatic nitrogens is 2. The molecular formula is C20H26N4. The van der Waals surface area contributed by atoms with Crippen molar-refractivity contribution >= 4 is 5.95 Å². The van der Waals surface area contributed by atoms with E-state index in [0.29, 0.717) is 0 Å². The number of nitrogens with one attached hydrogen (secondary N) is 1. The first-order chi connectivity index (χ1) is 11.8. The molecule has 0 atom stereocenters. The van der Waals surface area contributed by atoms with Gasteiger partial charge >= 0.3 is 0 Å². The molecule has 24 heavy (non-hydrogen) atoms. The highest BCUT2D eigenvalue weighted by Gasteiger charge is 2.21. The van der Waals surface area contributed by atoms with E-state index in [1.54, 1.807) is 0 Å². The van der Waals surface area contributed by atoms with Crippen molar-refractivity contribution in [3.63, 3.8) is 0 Å². The molecule has 4 rings (SSSR count). The SMILES string of the molecule is Cc1ccc(-c2nc(N3CCCCC3)nc3c2CNCCC3)cc1. The molecule has 0 spiro atoms. The molecule has 1 aromatic heterocycles. The summed E-state index contributed by atoms with van der Waals surface area (Å²) in [6, 6.07) is 8.74. The van der Waals surface area contributed by atoms with Crippen molar-refractivity contribution in [3.8, 4) is 11.3 Å². The first kappa shape index (κ1) is 15.6. The molecule has 2 aliphatic rings. The minimum absolute atomic E-state index is 0.874. The minimum atomic E-state index is 0.874. The average molecular weight is 322 g/mol. The van der Waals surface area contributed by atoms with Gasteiger partial charge in [-0.15, -0.1) is 0 Å². The summed E-state index contributed by atoms with van der Waals surface area (Å²) in [5.74, 6) is 0.936. The molecule has 0 aliphatic carbocycles. The van der Waals surface area contributed by atoms with Crippen LogP contribution in [0.15, 0.2) is 24.3 Å². The van der Waals surface area contributed by atoms with Gasteiger partial charge in [0.1, 0.15) is 0 Å². The smallest absolute Gasteiger partial charge is 0.226 e. The van der Waals surface area contributed by atoms with Crippen molar-refractivity contribution in [2.75, 3.05) is 24.5 Å². The van der Waals surface area contributed by atoms with E-state index in [-0.39, 0.29) is 0 Å². The summed E-state index contributed by atoms with van der Waals surface area (Å²) >= 11 is 0. The molecule has 0 unspecified atom stereocenters. The molecule has 2 aromatic rings. The average Bonchev–Trinajstić information content (AvgIpc) is 2.88. The van der Waals surface area contributed by atoms with Crippen molar-refractivity contribution in [2.45, 2.75) is 45.6 Å². The number of hydrogen-bond donors (Lipinski definition) is 1. The topological polar surface area (TPSA) is 41.1 Å². The molecule has 1 fully saturated rings. The van der Waals surface area contributed by atoms with Gasteiger partial charge in [0.05, 0.1) is 11.4 Å². The van der Waals surface area contributed by atoms with Crippen molar-refractivity contribution in [3.05, 3.63) is 41.1 Å². The molecule has 4 nitrogen and oxygen atoms in total. The Morgan fingerprint density at radius 1 is 0.958 bits per heavy atom. The largest absolute Gasteiger partial charge is 0.341 e. The van der Waals surface area contributed by atoms with Crippen LogP contribution in [0.3, 0.4) is 0 Å². The Bertz CT molecular complexity index is 702. The van der Waals surface area contributed by atoms with Crippen molar-refractivity contribution in [2.24, 2.45) is 0 Å². The first-order valence-electron chi connectivity index (χ1n) is 9.24. The summed E-state index contributed by atoms with van der Waals surface area (Å²) in [5.41, 5.74) is 6.15. The van der Waals surface area contributed by atoms with Gasteiger partial charge in [-0.05, 0) is 45.6 Å². The summed E-state index contributed by atoms with van der Waals surface area (Å²) in [6.07, 6.45) is 6.03. The van der Waals surface area contributed by atoms with E-state index >= 15 is 0 Å². The summed E-state index contributed by atoms with van der Waals surface area (Å²) in [4.78, 5) is 12.4. The second-order valence-corrected chi connectivity index (χ2v) is 6.99. The molecular weight excluding hydrogens is 296 g/mol. The molecule has 1 N–H and O–H groups in total. The molecule has 0 radical (unpaired) electrons. The van der Waals surface area contributed by atoms with Crippen LogP contribution in [0.1, 0.15) is 42.5 Å². The summed E-state index contributed by atoms with van der Waals surface area (Å²) < 4.78 is 0. The van der Waals surface area contributed by atoms with E-state index in [0.717, 1.165) is 50.7 Å². The zero-order valence-corrected chi connectivity index (χ0v) is 14.5. The van der Waals surface area contributed by atoms with E-state index in [2.05, 4.69) is 41.4 Å². The van der Waals surface area contributed by atoms with Crippen LogP contribution < -0.4 is 10.2 Å². The van der Waals surface area contributed by atoms with Crippen LogP contribution in [0.5, 0.6) is 0 Å². The number of anilines is 1. The van der Waals surface area contributed by atoms with E-state index < -0.39 is 0 Å². The lowest BCUT2D eigenvalue weighted by Crippen LogP contribution is -2.31. The van der Waals surface area contributed by atoms with Gasteiger partial charge in [-0.25, -0.2) is 9.97 Å². The van der Waals surface area contributed by atoms with Gasteiger partial charge in [-0.3, -0.25) is 0 Å². The maximum absolute atomic E-state index is 5.03. The summed E-state index contributed by atoms with van der Waals surface area (Å²) in [5, 5.41) is 3.53. The lowest BCUT2D eigenvalue weighted by atomic mass is 10.0. The third-order valence-electron chi connectivity index (χ3n) is 5.11. The molecule has 1 aromatic carbocycles. The zero-order chi connectivity index (χ0) is 16.4. The maximum Gasteiger partial charge on any atom is 0.226 e. The van der Waals surface area contributed by atoms with E-state index in [4.69, 9.17) is 9.97 Å². The minimum Gasteiger partial charge on any atom is -0.341 e. The van der Waals surface area contributed by atoms with Crippen molar-refractivity contribution in [1.82, 2.24) is 15.3 Å². The predicted molar refractivity (Wildman–Crippen MR) is 98.3 cm³/mol.